The van der Waals surface area contributed by atoms with Gasteiger partial charge in [0.1, 0.15) is 0 Å². The fourth-order valence-electron chi connectivity index (χ4n) is 3.05. The second kappa shape index (κ2) is 10.4. The molecule has 27 heavy (non-hydrogen) atoms. The summed E-state index contributed by atoms with van der Waals surface area (Å²) in [5, 5.41) is 3.54. The van der Waals surface area contributed by atoms with Crippen molar-refractivity contribution in [2.24, 2.45) is 0 Å². The lowest BCUT2D eigenvalue weighted by Gasteiger charge is -2.14. The summed E-state index contributed by atoms with van der Waals surface area (Å²) in [6, 6.07) is 5.19. The van der Waals surface area contributed by atoms with Crippen LogP contribution in [-0.4, -0.2) is 35.2 Å². The van der Waals surface area contributed by atoms with Gasteiger partial charge in [0.2, 0.25) is 0 Å². The van der Waals surface area contributed by atoms with Crippen molar-refractivity contribution in [1.29, 1.82) is 0 Å². The number of ether oxygens (including phenoxy) is 1. The second-order valence-corrected chi connectivity index (χ2v) is 7.25. The number of benzene rings is 1. The Balaban J connectivity index is 2.19. The molecule has 0 aliphatic carbocycles. The molecule has 2 rings (SSSR count). The molecule has 2 aromatic rings. The largest absolute Gasteiger partial charge is 0.385 e. The van der Waals surface area contributed by atoms with Crippen molar-refractivity contribution in [3.05, 3.63) is 38.9 Å². The standard InChI is InChI=1S/C20H29N3O3S/c1-4-5-6-8-14(2)21-18(24)15-9-10-16-17(13-15)22-20(27)23(19(16)25)11-7-12-26-3/h9-10,13-14H,4-8,11-12H2,1-3H3,(H,21,24)(H,22,27). The molecule has 1 aromatic carbocycles. The Labute approximate surface area is 164 Å². The number of fused-ring (bicyclic) bond motifs is 1. The lowest BCUT2D eigenvalue weighted by molar-refractivity contribution is 0.0938. The third kappa shape index (κ3) is 5.74. The van der Waals surface area contributed by atoms with Crippen LogP contribution in [0.3, 0.4) is 0 Å². The molecule has 2 N–H and O–H groups in total. The highest BCUT2D eigenvalue weighted by Gasteiger charge is 2.12. The summed E-state index contributed by atoms with van der Waals surface area (Å²) >= 11 is 5.32. The first-order valence-electron chi connectivity index (χ1n) is 9.54. The number of aromatic nitrogens is 2. The third-order valence-electron chi connectivity index (χ3n) is 4.59. The van der Waals surface area contributed by atoms with Crippen LogP contribution >= 0.6 is 12.2 Å². The number of carbonyl (C=O) groups is 1. The Morgan fingerprint density at radius 2 is 2.11 bits per heavy atom. The number of hydrogen-bond donors (Lipinski definition) is 2. The number of nitrogens with one attached hydrogen (secondary N) is 2. The fraction of sp³-hybridized carbons (Fsp3) is 0.550. The lowest BCUT2D eigenvalue weighted by Crippen LogP contribution is -2.32. The lowest BCUT2D eigenvalue weighted by atomic mass is 10.1. The molecule has 6 nitrogen and oxygen atoms in total. The molecule has 1 aromatic heterocycles. The van der Waals surface area contributed by atoms with Crippen molar-refractivity contribution in [1.82, 2.24) is 14.9 Å². The molecule has 0 radical (unpaired) electrons. The molecule has 148 valence electrons. The summed E-state index contributed by atoms with van der Waals surface area (Å²) in [6.07, 6.45) is 5.10. The third-order valence-corrected chi connectivity index (χ3v) is 4.91. The monoisotopic (exact) mass is 391 g/mol. The smallest absolute Gasteiger partial charge is 0.262 e. The topological polar surface area (TPSA) is 76.1 Å². The minimum Gasteiger partial charge on any atom is -0.385 e. The SMILES string of the molecule is CCCCCC(C)NC(=O)c1ccc2c(=O)n(CCCOC)c(=S)[nH]c2c1. The van der Waals surface area contributed by atoms with E-state index in [0.717, 1.165) is 19.3 Å². The van der Waals surface area contributed by atoms with Crippen molar-refractivity contribution in [3.63, 3.8) is 0 Å². The summed E-state index contributed by atoms with van der Waals surface area (Å²) in [6.45, 7) is 5.23. The van der Waals surface area contributed by atoms with Gasteiger partial charge in [-0.05, 0) is 50.2 Å². The van der Waals surface area contributed by atoms with Gasteiger partial charge >= 0.3 is 0 Å². The van der Waals surface area contributed by atoms with Gasteiger partial charge in [0.15, 0.2) is 4.77 Å². The first-order chi connectivity index (χ1) is 13.0. The average molecular weight is 392 g/mol. The van der Waals surface area contributed by atoms with Crippen LogP contribution in [0.25, 0.3) is 10.9 Å². The molecule has 1 unspecified atom stereocenters. The van der Waals surface area contributed by atoms with E-state index in [1.807, 2.05) is 6.92 Å². The van der Waals surface area contributed by atoms with Gasteiger partial charge in [0.25, 0.3) is 11.5 Å². The summed E-state index contributed by atoms with van der Waals surface area (Å²) in [4.78, 5) is 28.3. The normalized spacial score (nSPS) is 12.3. The molecule has 0 saturated heterocycles. The maximum atomic E-state index is 12.7. The van der Waals surface area contributed by atoms with Gasteiger partial charge in [-0.2, -0.15) is 0 Å². The van der Waals surface area contributed by atoms with E-state index >= 15 is 0 Å². The van der Waals surface area contributed by atoms with Crippen LogP contribution in [0.4, 0.5) is 0 Å². The predicted molar refractivity (Wildman–Crippen MR) is 111 cm³/mol. The highest BCUT2D eigenvalue weighted by atomic mass is 32.1. The highest BCUT2D eigenvalue weighted by molar-refractivity contribution is 7.71. The van der Waals surface area contributed by atoms with E-state index in [9.17, 15) is 9.59 Å². The molecule has 0 aliphatic heterocycles. The van der Waals surface area contributed by atoms with Gasteiger partial charge in [0, 0.05) is 31.9 Å². The summed E-state index contributed by atoms with van der Waals surface area (Å²) in [5.74, 6) is -0.135. The molecule has 0 bridgehead atoms. The minimum atomic E-state index is -0.148. The van der Waals surface area contributed by atoms with Gasteiger partial charge in [-0.25, -0.2) is 0 Å². The summed E-state index contributed by atoms with van der Waals surface area (Å²) < 4.78 is 6.92. The molecular weight excluding hydrogens is 362 g/mol. The van der Waals surface area contributed by atoms with Gasteiger partial charge in [0.05, 0.1) is 10.9 Å². The van der Waals surface area contributed by atoms with Gasteiger partial charge < -0.3 is 15.0 Å². The zero-order chi connectivity index (χ0) is 19.8. The average Bonchev–Trinajstić information content (AvgIpc) is 2.64. The molecule has 0 spiro atoms. The van der Waals surface area contributed by atoms with E-state index in [1.165, 1.54) is 11.0 Å². The number of amides is 1. The Kier molecular flexibility index (Phi) is 8.19. The van der Waals surface area contributed by atoms with Gasteiger partial charge in [-0.15, -0.1) is 0 Å². The zero-order valence-electron chi connectivity index (χ0n) is 16.3. The van der Waals surface area contributed by atoms with E-state index in [2.05, 4.69) is 17.2 Å². The van der Waals surface area contributed by atoms with Crippen LogP contribution in [0.1, 0.15) is 56.3 Å². The van der Waals surface area contributed by atoms with Crippen LogP contribution in [0.2, 0.25) is 0 Å². The van der Waals surface area contributed by atoms with Gasteiger partial charge in [-0.3, -0.25) is 14.2 Å². The molecule has 7 heteroatoms. The van der Waals surface area contributed by atoms with Gasteiger partial charge in [-0.1, -0.05) is 26.2 Å². The van der Waals surface area contributed by atoms with Crippen LogP contribution in [0.15, 0.2) is 23.0 Å². The second-order valence-electron chi connectivity index (χ2n) is 6.86. The zero-order valence-corrected chi connectivity index (χ0v) is 17.2. The van der Waals surface area contributed by atoms with E-state index in [4.69, 9.17) is 17.0 Å². The van der Waals surface area contributed by atoms with Crippen molar-refractivity contribution >= 4 is 29.0 Å². The molecule has 0 fully saturated rings. The van der Waals surface area contributed by atoms with E-state index in [1.54, 1.807) is 25.3 Å². The number of rotatable bonds is 10. The highest BCUT2D eigenvalue weighted by Crippen LogP contribution is 2.12. The molecule has 0 saturated carbocycles. The van der Waals surface area contributed by atoms with Crippen LogP contribution in [-0.2, 0) is 11.3 Å². The minimum absolute atomic E-state index is 0.118. The number of methoxy groups -OCH3 is 1. The number of unbranched alkanes of at least 4 members (excludes halogenated alkanes) is 2. The van der Waals surface area contributed by atoms with Crippen molar-refractivity contribution in [3.8, 4) is 0 Å². The number of carbonyl (C=O) groups excluding carboxylic acids is 1. The van der Waals surface area contributed by atoms with Crippen LogP contribution in [0, 0.1) is 4.77 Å². The number of nitrogens with zero attached hydrogens (tertiary/aromatic N) is 1. The van der Waals surface area contributed by atoms with Crippen LogP contribution < -0.4 is 10.9 Å². The number of hydrogen-bond acceptors (Lipinski definition) is 4. The number of aromatic amines is 1. The Morgan fingerprint density at radius 1 is 1.33 bits per heavy atom. The van der Waals surface area contributed by atoms with Crippen molar-refractivity contribution in [2.75, 3.05) is 13.7 Å². The molecule has 1 heterocycles. The van der Waals surface area contributed by atoms with E-state index in [0.29, 0.717) is 40.8 Å². The van der Waals surface area contributed by atoms with Crippen molar-refractivity contribution in [2.45, 2.75) is 58.5 Å². The Morgan fingerprint density at radius 3 is 2.81 bits per heavy atom. The predicted octanol–water partition coefficient (Wildman–Crippen LogP) is 3.79. The Hall–Kier alpha value is -1.99. The Bertz CT molecular complexity index is 888. The van der Waals surface area contributed by atoms with Crippen molar-refractivity contribution < 1.29 is 9.53 Å². The fourth-order valence-corrected chi connectivity index (χ4v) is 3.33. The first-order valence-corrected chi connectivity index (χ1v) is 9.95. The van der Waals surface area contributed by atoms with E-state index < -0.39 is 0 Å². The summed E-state index contributed by atoms with van der Waals surface area (Å²) in [7, 11) is 1.63. The summed E-state index contributed by atoms with van der Waals surface area (Å²) in [5.41, 5.74) is 0.955. The molecular formula is C20H29N3O3S. The molecule has 0 aliphatic rings. The van der Waals surface area contributed by atoms with E-state index in [-0.39, 0.29) is 17.5 Å². The molecule has 1 atom stereocenters. The maximum absolute atomic E-state index is 12.7. The quantitative estimate of drug-likeness (QED) is 0.477. The maximum Gasteiger partial charge on any atom is 0.262 e. The number of H-pyrrole nitrogens is 1. The van der Waals surface area contributed by atoms with Crippen LogP contribution in [0.5, 0.6) is 0 Å². The first kappa shape index (κ1) is 21.3. The molecule has 1 amide bonds.